The first-order valence-electron chi connectivity index (χ1n) is 10.1. The van der Waals surface area contributed by atoms with Crippen LogP contribution in [-0.2, 0) is 14.3 Å². The second kappa shape index (κ2) is 9.10. The first-order valence-corrected chi connectivity index (χ1v) is 11.0. The Morgan fingerprint density at radius 1 is 1.23 bits per heavy atom. The number of amides is 2. The fourth-order valence-corrected chi connectivity index (χ4v) is 4.16. The maximum Gasteiger partial charge on any atom is 0.251 e. The Morgan fingerprint density at radius 3 is 2.47 bits per heavy atom. The number of ketones is 1. The van der Waals surface area contributed by atoms with E-state index in [0.29, 0.717) is 12.0 Å². The highest BCUT2D eigenvalue weighted by atomic mass is 32.1. The summed E-state index contributed by atoms with van der Waals surface area (Å²) in [7, 11) is 0. The molecule has 0 spiro atoms. The molecule has 0 radical (unpaired) electrons. The van der Waals surface area contributed by atoms with Gasteiger partial charge in [0, 0.05) is 10.4 Å². The van der Waals surface area contributed by atoms with Crippen molar-refractivity contribution in [3.63, 3.8) is 0 Å². The normalized spacial score (nSPS) is 22.2. The fraction of sp³-hybridized carbons (Fsp3) is 0.435. The van der Waals surface area contributed by atoms with Crippen LogP contribution < -0.4 is 10.6 Å². The van der Waals surface area contributed by atoms with Gasteiger partial charge in [0.2, 0.25) is 5.91 Å². The van der Waals surface area contributed by atoms with Crippen LogP contribution in [0.3, 0.4) is 0 Å². The van der Waals surface area contributed by atoms with Gasteiger partial charge in [0.05, 0.1) is 6.10 Å². The summed E-state index contributed by atoms with van der Waals surface area (Å²) in [6.45, 7) is 7.38. The minimum absolute atomic E-state index is 0.0181. The Morgan fingerprint density at radius 2 is 1.93 bits per heavy atom. The minimum Gasteiger partial charge on any atom is -0.368 e. The van der Waals surface area contributed by atoms with Crippen LogP contribution in [0.2, 0.25) is 0 Å². The molecule has 2 N–H and O–H groups in total. The van der Waals surface area contributed by atoms with Crippen LogP contribution in [0.4, 0.5) is 0 Å². The van der Waals surface area contributed by atoms with Gasteiger partial charge in [-0.2, -0.15) is 0 Å². The van der Waals surface area contributed by atoms with E-state index in [-0.39, 0.29) is 30.1 Å². The molecule has 0 saturated carbocycles. The highest BCUT2D eigenvalue weighted by molar-refractivity contribution is 7.13. The van der Waals surface area contributed by atoms with Gasteiger partial charge in [-0.25, -0.2) is 0 Å². The van der Waals surface area contributed by atoms with E-state index < -0.39 is 17.7 Å². The molecule has 3 rings (SSSR count). The maximum atomic E-state index is 13.0. The Labute approximate surface area is 181 Å². The number of thiophene rings is 1. The summed E-state index contributed by atoms with van der Waals surface area (Å²) in [5, 5.41) is 7.66. The van der Waals surface area contributed by atoms with Crippen molar-refractivity contribution in [2.24, 2.45) is 5.92 Å². The largest absolute Gasteiger partial charge is 0.368 e. The summed E-state index contributed by atoms with van der Waals surface area (Å²) in [5.74, 6) is -0.675. The first kappa shape index (κ1) is 22.2. The molecule has 160 valence electrons. The van der Waals surface area contributed by atoms with E-state index in [1.165, 1.54) is 0 Å². The molecule has 1 fully saturated rings. The predicted molar refractivity (Wildman–Crippen MR) is 117 cm³/mol. The van der Waals surface area contributed by atoms with Crippen LogP contribution in [0, 0.1) is 5.92 Å². The maximum absolute atomic E-state index is 13.0. The standard InChI is InChI=1S/C23H28N2O4S/c1-14(2)12-18(22(28)25-23(4)15(3)29-13-20(23)26)24-21(27)17-9-7-16(8-10-17)19-6-5-11-30-19/h5-11,14-15,18H,12-13H2,1-4H3,(H,24,27)(H,25,28). The lowest BCUT2D eigenvalue weighted by Gasteiger charge is -2.30. The number of ether oxygens (including phenoxy) is 1. The van der Waals surface area contributed by atoms with Crippen molar-refractivity contribution < 1.29 is 19.1 Å². The van der Waals surface area contributed by atoms with E-state index in [0.717, 1.165) is 10.4 Å². The van der Waals surface area contributed by atoms with Crippen LogP contribution >= 0.6 is 11.3 Å². The zero-order valence-electron chi connectivity index (χ0n) is 17.7. The number of benzene rings is 1. The zero-order chi connectivity index (χ0) is 21.9. The van der Waals surface area contributed by atoms with Crippen LogP contribution in [-0.4, -0.2) is 41.9 Å². The number of nitrogens with one attached hydrogen (secondary N) is 2. The number of carbonyl (C=O) groups excluding carboxylic acids is 3. The molecule has 1 aromatic carbocycles. The van der Waals surface area contributed by atoms with Crippen molar-refractivity contribution in [3.8, 4) is 10.4 Å². The van der Waals surface area contributed by atoms with Crippen molar-refractivity contribution in [2.75, 3.05) is 6.61 Å². The van der Waals surface area contributed by atoms with E-state index in [1.807, 2.05) is 43.5 Å². The molecular weight excluding hydrogens is 400 g/mol. The molecule has 0 aliphatic carbocycles. The Balaban J connectivity index is 1.71. The molecule has 2 heterocycles. The van der Waals surface area contributed by atoms with Gasteiger partial charge in [-0.15, -0.1) is 11.3 Å². The zero-order valence-corrected chi connectivity index (χ0v) is 18.5. The smallest absolute Gasteiger partial charge is 0.251 e. The lowest BCUT2D eigenvalue weighted by molar-refractivity contribution is -0.130. The van der Waals surface area contributed by atoms with Crippen molar-refractivity contribution in [1.29, 1.82) is 0 Å². The molecule has 3 unspecified atom stereocenters. The fourth-order valence-electron chi connectivity index (χ4n) is 3.43. The third kappa shape index (κ3) is 4.79. The van der Waals surface area contributed by atoms with E-state index >= 15 is 0 Å². The summed E-state index contributed by atoms with van der Waals surface area (Å²) in [6.07, 6.45) is 0.0406. The van der Waals surface area contributed by atoms with Crippen LogP contribution in [0.1, 0.15) is 44.5 Å². The van der Waals surface area contributed by atoms with Crippen LogP contribution in [0.15, 0.2) is 41.8 Å². The molecule has 7 heteroatoms. The average Bonchev–Trinajstić information content (AvgIpc) is 3.32. The second-order valence-electron chi connectivity index (χ2n) is 8.28. The van der Waals surface area contributed by atoms with Gasteiger partial charge in [-0.1, -0.05) is 32.0 Å². The van der Waals surface area contributed by atoms with E-state index in [1.54, 1.807) is 37.3 Å². The van der Waals surface area contributed by atoms with Gasteiger partial charge >= 0.3 is 0 Å². The lowest BCUT2D eigenvalue weighted by atomic mass is 9.92. The van der Waals surface area contributed by atoms with Gasteiger partial charge < -0.3 is 15.4 Å². The second-order valence-corrected chi connectivity index (χ2v) is 9.23. The lowest BCUT2D eigenvalue weighted by Crippen LogP contribution is -2.60. The molecule has 2 amide bonds. The van der Waals surface area contributed by atoms with Crippen molar-refractivity contribution >= 4 is 28.9 Å². The summed E-state index contributed by atoms with van der Waals surface area (Å²) in [4.78, 5) is 39.1. The first-order chi connectivity index (χ1) is 14.2. The van der Waals surface area contributed by atoms with Crippen molar-refractivity contribution in [3.05, 3.63) is 47.3 Å². The third-order valence-electron chi connectivity index (χ3n) is 5.52. The van der Waals surface area contributed by atoms with Crippen molar-refractivity contribution in [2.45, 2.75) is 51.8 Å². The Bertz CT molecular complexity index is 908. The number of carbonyl (C=O) groups is 3. The Kier molecular flexibility index (Phi) is 6.73. The van der Waals surface area contributed by atoms with Gasteiger partial charge in [-0.3, -0.25) is 14.4 Å². The Hall–Kier alpha value is -2.51. The van der Waals surface area contributed by atoms with E-state index in [9.17, 15) is 14.4 Å². The molecule has 1 aliphatic heterocycles. The predicted octanol–water partition coefficient (Wildman–Crippen LogP) is 3.42. The van der Waals surface area contributed by atoms with Gasteiger partial charge in [0.25, 0.3) is 5.91 Å². The van der Waals surface area contributed by atoms with E-state index in [2.05, 4.69) is 10.6 Å². The molecule has 6 nitrogen and oxygen atoms in total. The summed E-state index contributed by atoms with van der Waals surface area (Å²) in [5.41, 5.74) is 0.441. The van der Waals surface area contributed by atoms with Gasteiger partial charge in [-0.05, 0) is 55.3 Å². The molecule has 1 aromatic heterocycles. The molecule has 1 saturated heterocycles. The summed E-state index contributed by atoms with van der Waals surface area (Å²) >= 11 is 1.64. The topological polar surface area (TPSA) is 84.5 Å². The van der Waals surface area contributed by atoms with Crippen LogP contribution in [0.25, 0.3) is 10.4 Å². The number of rotatable bonds is 7. The van der Waals surface area contributed by atoms with Crippen LogP contribution in [0.5, 0.6) is 0 Å². The third-order valence-corrected chi connectivity index (χ3v) is 6.44. The number of Topliss-reactive ketones (excluding diaryl/α,β-unsaturated/α-hetero) is 1. The highest BCUT2D eigenvalue weighted by Crippen LogP contribution is 2.25. The highest BCUT2D eigenvalue weighted by Gasteiger charge is 2.47. The molecule has 2 aromatic rings. The molecule has 30 heavy (non-hydrogen) atoms. The molecule has 3 atom stereocenters. The average molecular weight is 429 g/mol. The van der Waals surface area contributed by atoms with Gasteiger partial charge in [0.15, 0.2) is 5.78 Å². The quantitative estimate of drug-likeness (QED) is 0.708. The minimum atomic E-state index is -1.08. The van der Waals surface area contributed by atoms with Crippen molar-refractivity contribution in [1.82, 2.24) is 10.6 Å². The SMILES string of the molecule is CC(C)CC(NC(=O)c1ccc(-c2cccs2)cc1)C(=O)NC1(C)C(=O)COC1C. The molecular formula is C23H28N2O4S. The monoisotopic (exact) mass is 428 g/mol. The summed E-state index contributed by atoms with van der Waals surface area (Å²) < 4.78 is 5.38. The van der Waals surface area contributed by atoms with E-state index in [4.69, 9.17) is 4.74 Å². The molecule has 0 bridgehead atoms. The summed E-state index contributed by atoms with van der Waals surface area (Å²) in [6, 6.07) is 10.6. The van der Waals surface area contributed by atoms with Gasteiger partial charge in [0.1, 0.15) is 18.2 Å². The number of hydrogen-bond donors (Lipinski definition) is 2. The number of hydrogen-bond acceptors (Lipinski definition) is 5. The molecule has 1 aliphatic rings.